The predicted octanol–water partition coefficient (Wildman–Crippen LogP) is 7.07. The Bertz CT molecular complexity index is 1670. The second kappa shape index (κ2) is 11.2. The van der Waals surface area contributed by atoms with Crippen LogP contribution in [0.15, 0.2) is 81.9 Å². The molecule has 0 atom stereocenters. The smallest absolute Gasteiger partial charge is 0.294 e. The van der Waals surface area contributed by atoms with Gasteiger partial charge in [-0.3, -0.25) is 9.35 Å². The van der Waals surface area contributed by atoms with Crippen molar-refractivity contribution in [3.63, 3.8) is 0 Å². The van der Waals surface area contributed by atoms with Crippen LogP contribution in [0.25, 0.3) is 10.8 Å². The highest BCUT2D eigenvalue weighted by atomic mass is 35.5. The Balaban J connectivity index is 1.81. The highest BCUT2D eigenvalue weighted by molar-refractivity contribution is 7.85. The molecule has 0 aliphatic carbocycles. The highest BCUT2D eigenvalue weighted by Crippen LogP contribution is 2.41. The van der Waals surface area contributed by atoms with Gasteiger partial charge in [-0.05, 0) is 54.6 Å². The number of phenolic OH excluding ortho intramolecular Hbond substituents is 1. The van der Waals surface area contributed by atoms with Crippen LogP contribution in [0.4, 0.5) is 17.1 Å². The second-order valence-corrected chi connectivity index (χ2v) is 9.96. The normalized spacial score (nSPS) is 11.7. The fourth-order valence-corrected chi connectivity index (χ4v) is 4.93. The number of benzene rings is 4. The number of halogens is 1. The van der Waals surface area contributed by atoms with Gasteiger partial charge in [-0.25, -0.2) is 0 Å². The van der Waals surface area contributed by atoms with E-state index in [0.29, 0.717) is 40.8 Å². The van der Waals surface area contributed by atoms with Crippen molar-refractivity contribution in [1.82, 2.24) is 0 Å². The Morgan fingerprint density at radius 1 is 1.03 bits per heavy atom. The van der Waals surface area contributed by atoms with E-state index in [1.54, 1.807) is 55.5 Å². The number of carbonyl (C=O) groups excluding carboxylic acids is 1. The Morgan fingerprint density at radius 3 is 2.45 bits per heavy atom. The summed E-state index contributed by atoms with van der Waals surface area (Å²) in [7, 11) is -4.54. The molecule has 0 heterocycles. The molecule has 0 unspecified atom stereocenters. The summed E-state index contributed by atoms with van der Waals surface area (Å²) < 4.78 is 38.9. The first kappa shape index (κ1) is 27.1. The highest BCUT2D eigenvalue weighted by Gasteiger charge is 2.21. The number of aryl methyl sites for hydroxylation is 1. The van der Waals surface area contributed by atoms with Gasteiger partial charge in [0, 0.05) is 5.39 Å². The molecule has 11 heteroatoms. The quantitative estimate of drug-likeness (QED) is 0.157. The fourth-order valence-electron chi connectivity index (χ4n) is 3.91. The van der Waals surface area contributed by atoms with Crippen molar-refractivity contribution >= 4 is 55.5 Å². The van der Waals surface area contributed by atoms with Gasteiger partial charge in [0.1, 0.15) is 17.1 Å². The largest absolute Gasteiger partial charge is 0.505 e. The Kier molecular flexibility index (Phi) is 7.96. The van der Waals surface area contributed by atoms with Gasteiger partial charge in [-0.15, -0.1) is 10.2 Å². The van der Waals surface area contributed by atoms with Gasteiger partial charge in [-0.1, -0.05) is 54.9 Å². The minimum Gasteiger partial charge on any atom is -0.505 e. The van der Waals surface area contributed by atoms with E-state index < -0.39 is 21.8 Å². The number of nitrogens with zero attached hydrogens (tertiary/aromatic N) is 2. The van der Waals surface area contributed by atoms with Crippen LogP contribution >= 0.6 is 11.6 Å². The molecule has 0 spiro atoms. The third kappa shape index (κ3) is 5.62. The van der Waals surface area contributed by atoms with Crippen LogP contribution in [0.1, 0.15) is 29.8 Å². The molecule has 196 valence electrons. The summed E-state index contributed by atoms with van der Waals surface area (Å²) in [5.74, 6) is -0.561. The van der Waals surface area contributed by atoms with Gasteiger partial charge < -0.3 is 15.2 Å². The number of fused-ring (bicyclic) bond motifs is 1. The molecule has 4 aromatic rings. The maximum Gasteiger partial charge on any atom is 0.294 e. The molecule has 0 aliphatic rings. The molecule has 0 aliphatic heterocycles. The number of carbonyl (C=O) groups is 1. The van der Waals surface area contributed by atoms with Crippen molar-refractivity contribution in [3.05, 3.63) is 82.9 Å². The summed E-state index contributed by atoms with van der Waals surface area (Å²) in [6.07, 6.45) is 0.307. The van der Waals surface area contributed by atoms with Gasteiger partial charge in [0.05, 0.1) is 27.8 Å². The summed E-state index contributed by atoms with van der Waals surface area (Å²) in [4.78, 5) is 12.9. The van der Waals surface area contributed by atoms with Crippen LogP contribution in [-0.4, -0.2) is 30.6 Å². The number of para-hydroxylation sites is 2. The minimum atomic E-state index is -4.54. The van der Waals surface area contributed by atoms with Crippen molar-refractivity contribution in [2.24, 2.45) is 10.2 Å². The number of amides is 1. The Labute approximate surface area is 224 Å². The molecule has 0 saturated carbocycles. The van der Waals surface area contributed by atoms with Crippen molar-refractivity contribution in [2.75, 3.05) is 11.9 Å². The lowest BCUT2D eigenvalue weighted by Crippen LogP contribution is -2.13. The number of anilines is 1. The molecule has 38 heavy (non-hydrogen) atoms. The third-order valence-corrected chi connectivity index (χ3v) is 6.96. The zero-order valence-corrected chi connectivity index (χ0v) is 22.0. The number of phenols is 1. The third-order valence-electron chi connectivity index (χ3n) is 5.72. The maximum atomic E-state index is 13.2. The average Bonchev–Trinajstić information content (AvgIpc) is 2.88. The van der Waals surface area contributed by atoms with E-state index in [4.69, 9.17) is 16.3 Å². The monoisotopic (exact) mass is 553 g/mol. The molecule has 0 bridgehead atoms. The van der Waals surface area contributed by atoms with Crippen LogP contribution in [0.3, 0.4) is 0 Å². The van der Waals surface area contributed by atoms with Crippen LogP contribution < -0.4 is 10.1 Å². The van der Waals surface area contributed by atoms with Crippen LogP contribution in [0, 0.1) is 0 Å². The molecule has 3 N–H and O–H groups in total. The van der Waals surface area contributed by atoms with Crippen molar-refractivity contribution in [2.45, 2.75) is 25.2 Å². The zero-order valence-electron chi connectivity index (χ0n) is 20.5. The van der Waals surface area contributed by atoms with Gasteiger partial charge in [0.15, 0.2) is 5.75 Å². The summed E-state index contributed by atoms with van der Waals surface area (Å²) in [6.45, 7) is 3.95. The van der Waals surface area contributed by atoms with E-state index >= 15 is 0 Å². The lowest BCUT2D eigenvalue weighted by molar-refractivity contribution is 0.102. The Morgan fingerprint density at radius 2 is 1.74 bits per heavy atom. The van der Waals surface area contributed by atoms with E-state index in [2.05, 4.69) is 15.5 Å². The fraction of sp³-hybridized carbons (Fsp3) is 0.148. The molecular weight excluding hydrogens is 530 g/mol. The summed E-state index contributed by atoms with van der Waals surface area (Å²) >= 11 is 6.30. The van der Waals surface area contributed by atoms with Crippen LogP contribution in [-0.2, 0) is 16.5 Å². The first-order valence-corrected chi connectivity index (χ1v) is 13.4. The van der Waals surface area contributed by atoms with E-state index in [9.17, 15) is 22.9 Å². The van der Waals surface area contributed by atoms with Gasteiger partial charge in [0.25, 0.3) is 16.0 Å². The molecule has 4 rings (SSSR count). The summed E-state index contributed by atoms with van der Waals surface area (Å²) in [5, 5.41) is 23.3. The second-order valence-electron chi connectivity index (χ2n) is 8.17. The average molecular weight is 554 g/mol. The standard InChI is InChI=1S/C27H24ClN3O6S/c1-3-16-14-20(28)22(15-24(16)38(34,35)36)30-31-25-18-10-6-5-9-17(18)13-19(26(25)32)27(33)29-21-11-7-8-12-23(21)37-4-2/h5-15,32H,3-4H2,1-2H3,(H,29,33)(H,34,35,36). The number of rotatable bonds is 8. The molecule has 9 nitrogen and oxygen atoms in total. The summed E-state index contributed by atoms with van der Waals surface area (Å²) in [5.41, 5.74) is 0.622. The lowest BCUT2D eigenvalue weighted by atomic mass is 10.0. The molecular formula is C27H24ClN3O6S. The predicted molar refractivity (Wildman–Crippen MR) is 146 cm³/mol. The number of ether oxygens (including phenoxy) is 1. The molecule has 0 fully saturated rings. The van der Waals surface area contributed by atoms with Gasteiger partial charge in [0.2, 0.25) is 0 Å². The zero-order chi connectivity index (χ0) is 27.4. The van der Waals surface area contributed by atoms with E-state index in [0.717, 1.165) is 6.07 Å². The summed E-state index contributed by atoms with van der Waals surface area (Å²) in [6, 6.07) is 17.9. The first-order chi connectivity index (χ1) is 18.1. The van der Waals surface area contributed by atoms with E-state index in [1.165, 1.54) is 12.1 Å². The number of hydrogen-bond acceptors (Lipinski definition) is 7. The topological polar surface area (TPSA) is 138 Å². The van der Waals surface area contributed by atoms with E-state index in [1.807, 2.05) is 6.92 Å². The Hall–Kier alpha value is -3.99. The SMILES string of the molecule is CCOc1ccccc1NC(=O)c1cc2ccccc2c(N=Nc2cc(S(=O)(=O)O)c(CC)cc2Cl)c1O. The number of nitrogens with one attached hydrogen (secondary N) is 1. The minimum absolute atomic E-state index is 0.0182. The maximum absolute atomic E-state index is 13.2. The van der Waals surface area contributed by atoms with Crippen molar-refractivity contribution < 1.29 is 27.6 Å². The number of aromatic hydroxyl groups is 1. The first-order valence-electron chi connectivity index (χ1n) is 11.6. The van der Waals surface area contributed by atoms with Crippen molar-refractivity contribution in [3.8, 4) is 11.5 Å². The molecule has 0 radical (unpaired) electrons. The van der Waals surface area contributed by atoms with Crippen LogP contribution in [0.5, 0.6) is 11.5 Å². The lowest BCUT2D eigenvalue weighted by Gasteiger charge is -2.13. The molecule has 1 amide bonds. The molecule has 4 aromatic carbocycles. The van der Waals surface area contributed by atoms with Crippen LogP contribution in [0.2, 0.25) is 5.02 Å². The number of hydrogen-bond donors (Lipinski definition) is 3. The van der Waals surface area contributed by atoms with Gasteiger partial charge in [-0.2, -0.15) is 8.42 Å². The molecule has 0 aromatic heterocycles. The van der Waals surface area contributed by atoms with Crippen molar-refractivity contribution in [1.29, 1.82) is 0 Å². The molecule has 0 saturated heterocycles. The number of azo groups is 1. The van der Waals surface area contributed by atoms with E-state index in [-0.39, 0.29) is 26.9 Å². The van der Waals surface area contributed by atoms with Gasteiger partial charge >= 0.3 is 0 Å².